The Balaban J connectivity index is -0.000000254. The molecular formula is C18H37CrSi2. The van der Waals surface area contributed by atoms with Gasteiger partial charge in [0.05, 0.1) is 0 Å². The summed E-state index contributed by atoms with van der Waals surface area (Å²) in [5.74, 6) is 0. The van der Waals surface area contributed by atoms with Crippen LogP contribution >= 0.6 is 0 Å². The molecule has 0 saturated carbocycles. The van der Waals surface area contributed by atoms with Gasteiger partial charge in [0.1, 0.15) is 0 Å². The largest absolute Gasteiger partial charge is 3.00 e. The summed E-state index contributed by atoms with van der Waals surface area (Å²) in [6.07, 6.45) is 0. The van der Waals surface area contributed by atoms with E-state index in [9.17, 15) is 0 Å². The van der Waals surface area contributed by atoms with Crippen LogP contribution in [0.2, 0.25) is 39.3 Å². The van der Waals surface area contributed by atoms with Crippen molar-refractivity contribution in [2.45, 2.75) is 73.9 Å². The van der Waals surface area contributed by atoms with Crippen molar-refractivity contribution in [3.05, 3.63) is 40.9 Å². The predicted octanol–water partition coefficient (Wildman–Crippen LogP) is 6.34. The van der Waals surface area contributed by atoms with Crippen LogP contribution in [0.3, 0.4) is 0 Å². The Morgan fingerprint density at radius 2 is 0.810 bits per heavy atom. The van der Waals surface area contributed by atoms with Crippen molar-refractivity contribution in [3.63, 3.8) is 0 Å². The molecule has 1 aromatic carbocycles. The maximum Gasteiger partial charge on any atom is 3.00 e. The van der Waals surface area contributed by atoms with Crippen molar-refractivity contribution < 1.29 is 17.4 Å². The molecule has 3 heteroatoms. The summed E-state index contributed by atoms with van der Waals surface area (Å²) in [6, 6.07) is 0. The number of hydrogen-bond donors (Lipinski definition) is 0. The SMILES string of the molecule is Cc1c(C)c(C)[c-](C)c1C.[CH2-][Si](C)(C)C.[CH2-][Si](C)(C)C.[Cr+3]. The van der Waals surface area contributed by atoms with Gasteiger partial charge in [0.25, 0.3) is 0 Å². The molecule has 0 aliphatic carbocycles. The quantitative estimate of drug-likeness (QED) is 0.373. The van der Waals surface area contributed by atoms with Crippen molar-refractivity contribution in [1.29, 1.82) is 0 Å². The smallest absolute Gasteiger partial charge is 0.342 e. The van der Waals surface area contributed by atoms with Crippen LogP contribution < -0.4 is 0 Å². The molecule has 0 spiro atoms. The van der Waals surface area contributed by atoms with E-state index in [0.717, 1.165) is 0 Å². The van der Waals surface area contributed by atoms with Gasteiger partial charge in [-0.25, -0.2) is 0 Å². The Hall–Kier alpha value is 0.316. The molecule has 1 radical (unpaired) electrons. The molecule has 0 N–H and O–H groups in total. The molecule has 123 valence electrons. The zero-order valence-corrected chi connectivity index (χ0v) is 19.6. The molecule has 21 heavy (non-hydrogen) atoms. The molecule has 0 heterocycles. The van der Waals surface area contributed by atoms with Gasteiger partial charge >= 0.3 is 17.4 Å². The van der Waals surface area contributed by atoms with E-state index in [-0.39, 0.29) is 17.4 Å². The van der Waals surface area contributed by atoms with E-state index in [1.807, 2.05) is 0 Å². The zero-order chi connectivity index (χ0) is 16.9. The summed E-state index contributed by atoms with van der Waals surface area (Å²) in [6.45, 7) is 32.1. The molecule has 1 aromatic rings. The van der Waals surface area contributed by atoms with E-state index in [0.29, 0.717) is 0 Å². The van der Waals surface area contributed by atoms with Crippen molar-refractivity contribution in [1.82, 2.24) is 0 Å². The second-order valence-corrected chi connectivity index (χ2v) is 18.5. The van der Waals surface area contributed by atoms with E-state index < -0.39 is 16.1 Å². The third-order valence-electron chi connectivity index (χ3n) is 2.81. The topological polar surface area (TPSA) is 0 Å². The average Bonchev–Trinajstić information content (AvgIpc) is 2.32. The Morgan fingerprint density at radius 1 is 0.667 bits per heavy atom. The van der Waals surface area contributed by atoms with Gasteiger partial charge in [0.15, 0.2) is 0 Å². The first-order valence-electron chi connectivity index (χ1n) is 7.46. The van der Waals surface area contributed by atoms with Crippen LogP contribution in [0, 0.1) is 47.7 Å². The molecule has 0 aliphatic heterocycles. The van der Waals surface area contributed by atoms with E-state index in [2.05, 4.69) is 87.0 Å². The molecule has 0 unspecified atom stereocenters. The fourth-order valence-electron chi connectivity index (χ4n) is 1.41. The van der Waals surface area contributed by atoms with Gasteiger partial charge in [-0.05, 0) is 0 Å². The van der Waals surface area contributed by atoms with Crippen LogP contribution in [0.15, 0.2) is 0 Å². The summed E-state index contributed by atoms with van der Waals surface area (Å²) in [7, 11) is -1.72. The second kappa shape index (κ2) is 10.2. The normalized spacial score (nSPS) is 10.7. The van der Waals surface area contributed by atoms with Crippen molar-refractivity contribution in [2.75, 3.05) is 0 Å². The monoisotopic (exact) mass is 361 g/mol. The minimum Gasteiger partial charge on any atom is -0.342 e. The molecule has 0 aromatic heterocycles. The summed E-state index contributed by atoms with van der Waals surface area (Å²) in [4.78, 5) is 0. The van der Waals surface area contributed by atoms with E-state index in [1.54, 1.807) is 0 Å². The average molecular weight is 362 g/mol. The fourth-order valence-corrected chi connectivity index (χ4v) is 1.41. The summed E-state index contributed by atoms with van der Waals surface area (Å²) in [5, 5.41) is 0. The molecule has 0 nitrogen and oxygen atoms in total. The van der Waals surface area contributed by atoms with Crippen LogP contribution in [0.25, 0.3) is 0 Å². The molecule has 0 saturated heterocycles. The Labute approximate surface area is 148 Å². The zero-order valence-electron chi connectivity index (χ0n) is 16.3. The number of rotatable bonds is 0. The van der Waals surface area contributed by atoms with Gasteiger partial charge < -0.3 is 13.1 Å². The minimum atomic E-state index is -0.861. The molecule has 0 atom stereocenters. The first-order chi connectivity index (χ1) is 8.55. The molecule has 0 bridgehead atoms. The fraction of sp³-hybridized carbons (Fsp3) is 0.611. The van der Waals surface area contributed by atoms with Crippen molar-refractivity contribution in [3.8, 4) is 0 Å². The standard InChI is InChI=1S/C10H15.2C4H11Si.Cr/c1-6-7(2)9(4)10(5)8(6)3;2*1-5(2,3)4;/h1-5H3;2*1H2,2-4H3;/q3*-1;+3. The summed E-state index contributed by atoms with van der Waals surface area (Å²) < 4.78 is 0. The van der Waals surface area contributed by atoms with Gasteiger partial charge in [-0.15, -0.1) is 16.1 Å². The van der Waals surface area contributed by atoms with E-state index in [4.69, 9.17) is 0 Å². The first-order valence-corrected chi connectivity index (χ1v) is 14.9. The molecule has 0 fully saturated rings. The third kappa shape index (κ3) is 16.5. The van der Waals surface area contributed by atoms with Crippen molar-refractivity contribution in [2.24, 2.45) is 0 Å². The maximum atomic E-state index is 3.91. The third-order valence-corrected chi connectivity index (χ3v) is 2.81. The maximum absolute atomic E-state index is 3.91. The summed E-state index contributed by atoms with van der Waals surface area (Å²) in [5.41, 5.74) is 7.34. The minimum absolute atomic E-state index is 0. The summed E-state index contributed by atoms with van der Waals surface area (Å²) >= 11 is 0. The van der Waals surface area contributed by atoms with Gasteiger partial charge in [-0.3, -0.25) is 0 Å². The molecule has 0 amide bonds. The predicted molar refractivity (Wildman–Crippen MR) is 103 cm³/mol. The van der Waals surface area contributed by atoms with E-state index in [1.165, 1.54) is 27.8 Å². The van der Waals surface area contributed by atoms with Gasteiger partial charge in [0, 0.05) is 0 Å². The van der Waals surface area contributed by atoms with Crippen LogP contribution in [0.1, 0.15) is 27.8 Å². The van der Waals surface area contributed by atoms with Crippen molar-refractivity contribution >= 4 is 16.1 Å². The van der Waals surface area contributed by atoms with Crippen LogP contribution in [0.5, 0.6) is 0 Å². The van der Waals surface area contributed by atoms with Crippen LogP contribution in [-0.2, 0) is 17.4 Å². The van der Waals surface area contributed by atoms with Gasteiger partial charge in [-0.1, -0.05) is 73.9 Å². The van der Waals surface area contributed by atoms with Crippen LogP contribution in [0.4, 0.5) is 0 Å². The van der Waals surface area contributed by atoms with E-state index >= 15 is 0 Å². The molecule has 0 aliphatic rings. The Kier molecular flexibility index (Phi) is 12.7. The Morgan fingerprint density at radius 3 is 0.857 bits per heavy atom. The molecule has 1 rings (SSSR count). The Bertz CT molecular complexity index is 300. The van der Waals surface area contributed by atoms with Crippen LogP contribution in [-0.4, -0.2) is 16.1 Å². The molecular weight excluding hydrogens is 324 g/mol. The van der Waals surface area contributed by atoms with Gasteiger partial charge in [-0.2, -0.15) is 27.8 Å². The second-order valence-electron chi connectivity index (χ2n) is 8.25. The first kappa shape index (κ1) is 26.2. The number of hydrogen-bond acceptors (Lipinski definition) is 0. The van der Waals surface area contributed by atoms with Gasteiger partial charge in [0.2, 0.25) is 0 Å².